The molecule has 1 aromatic carbocycles. The predicted molar refractivity (Wildman–Crippen MR) is 96.6 cm³/mol. The summed E-state index contributed by atoms with van der Waals surface area (Å²) in [5, 5.41) is 13.5. The molecule has 1 aromatic rings. The van der Waals surface area contributed by atoms with E-state index in [-0.39, 0.29) is 11.6 Å². The Morgan fingerprint density at radius 3 is 2.56 bits per heavy atom. The first-order chi connectivity index (χ1) is 12.1. The monoisotopic (exact) mass is 346 g/mol. The van der Waals surface area contributed by atoms with Crippen LogP contribution in [0.5, 0.6) is 0 Å². The van der Waals surface area contributed by atoms with Crippen LogP contribution in [0.15, 0.2) is 24.3 Å². The number of likely N-dealkylation sites (tertiary alicyclic amines) is 2. The summed E-state index contributed by atoms with van der Waals surface area (Å²) in [4.78, 5) is 27.3. The van der Waals surface area contributed by atoms with Crippen LogP contribution in [0.2, 0.25) is 0 Å². The number of nitrogens with one attached hydrogen (secondary N) is 1. The minimum Gasteiger partial charge on any atom is -0.326 e. The molecular weight excluding hydrogens is 320 g/mol. The molecule has 0 saturated carbocycles. The largest absolute Gasteiger partial charge is 0.326 e. The van der Waals surface area contributed by atoms with Gasteiger partial charge in [-0.1, -0.05) is 0 Å². The van der Waals surface area contributed by atoms with E-state index < -0.39 is 4.92 Å². The van der Waals surface area contributed by atoms with Gasteiger partial charge in [-0.05, 0) is 57.5 Å². The first kappa shape index (κ1) is 17.8. The van der Waals surface area contributed by atoms with Crippen LogP contribution in [-0.4, -0.2) is 59.4 Å². The molecule has 7 nitrogen and oxygen atoms in total. The Kier molecular flexibility index (Phi) is 5.99. The van der Waals surface area contributed by atoms with Gasteiger partial charge in [-0.2, -0.15) is 0 Å². The topological polar surface area (TPSA) is 78.7 Å². The van der Waals surface area contributed by atoms with Crippen LogP contribution in [0.3, 0.4) is 0 Å². The molecule has 2 heterocycles. The fraction of sp³-hybridized carbons (Fsp3) is 0.611. The highest BCUT2D eigenvalue weighted by atomic mass is 16.6. The first-order valence-corrected chi connectivity index (χ1v) is 9.12. The third kappa shape index (κ3) is 4.99. The summed E-state index contributed by atoms with van der Waals surface area (Å²) in [6.07, 6.45) is 5.54. The summed E-state index contributed by atoms with van der Waals surface area (Å²) >= 11 is 0. The molecule has 0 bridgehead atoms. The van der Waals surface area contributed by atoms with Crippen molar-refractivity contribution in [1.82, 2.24) is 9.80 Å². The second kappa shape index (κ2) is 8.40. The Labute approximate surface area is 148 Å². The molecule has 0 unspecified atom stereocenters. The average Bonchev–Trinajstić information content (AvgIpc) is 3.15. The number of rotatable bonds is 6. The van der Waals surface area contributed by atoms with E-state index in [0.717, 1.165) is 19.6 Å². The number of piperidine rings is 1. The fourth-order valence-electron chi connectivity index (χ4n) is 3.79. The number of anilines is 1. The van der Waals surface area contributed by atoms with E-state index in [2.05, 4.69) is 15.1 Å². The van der Waals surface area contributed by atoms with Crippen molar-refractivity contribution < 1.29 is 9.72 Å². The maximum Gasteiger partial charge on any atom is 0.269 e. The maximum absolute atomic E-state index is 12.1. The van der Waals surface area contributed by atoms with E-state index in [1.165, 1.54) is 50.9 Å². The summed E-state index contributed by atoms with van der Waals surface area (Å²) < 4.78 is 0. The minimum atomic E-state index is -0.446. The molecule has 2 saturated heterocycles. The lowest BCUT2D eigenvalue weighted by Gasteiger charge is -2.37. The van der Waals surface area contributed by atoms with Crippen LogP contribution >= 0.6 is 0 Å². The lowest BCUT2D eigenvalue weighted by molar-refractivity contribution is -0.384. The van der Waals surface area contributed by atoms with E-state index >= 15 is 0 Å². The molecule has 3 rings (SSSR count). The zero-order valence-electron chi connectivity index (χ0n) is 14.5. The van der Waals surface area contributed by atoms with Crippen molar-refractivity contribution in [2.75, 3.05) is 38.0 Å². The molecule has 2 aliphatic heterocycles. The highest BCUT2D eigenvalue weighted by Gasteiger charge is 2.27. The number of nitro benzene ring substituents is 1. The number of hydrogen-bond acceptors (Lipinski definition) is 5. The fourth-order valence-corrected chi connectivity index (χ4v) is 3.79. The lowest BCUT2D eigenvalue weighted by atomic mass is 10.0. The SMILES string of the molecule is O=C(CCN1CCC[C@H](N2CCCC2)C1)Nc1ccc([N+](=O)[O-])cc1. The van der Waals surface area contributed by atoms with E-state index in [4.69, 9.17) is 0 Å². The summed E-state index contributed by atoms with van der Waals surface area (Å²) in [5.74, 6) is -0.0443. The third-order valence-electron chi connectivity index (χ3n) is 5.15. The van der Waals surface area contributed by atoms with E-state index in [0.29, 0.717) is 18.2 Å². The minimum absolute atomic E-state index is 0.0271. The van der Waals surface area contributed by atoms with Crippen LogP contribution in [0.4, 0.5) is 11.4 Å². The molecule has 1 N–H and O–H groups in total. The molecule has 0 radical (unpaired) electrons. The van der Waals surface area contributed by atoms with Gasteiger partial charge in [-0.3, -0.25) is 19.8 Å². The molecule has 2 aliphatic rings. The van der Waals surface area contributed by atoms with Gasteiger partial charge in [-0.25, -0.2) is 0 Å². The molecule has 136 valence electrons. The number of non-ortho nitro benzene ring substituents is 1. The number of nitrogens with zero attached hydrogens (tertiary/aromatic N) is 3. The number of amides is 1. The summed E-state index contributed by atoms with van der Waals surface area (Å²) in [5.41, 5.74) is 0.628. The molecule has 0 aliphatic carbocycles. The zero-order valence-corrected chi connectivity index (χ0v) is 14.5. The Morgan fingerprint density at radius 2 is 1.88 bits per heavy atom. The van der Waals surface area contributed by atoms with Crippen LogP contribution in [0.1, 0.15) is 32.1 Å². The highest BCUT2D eigenvalue weighted by molar-refractivity contribution is 5.90. The summed E-state index contributed by atoms with van der Waals surface area (Å²) in [6, 6.07) is 6.59. The Morgan fingerprint density at radius 1 is 1.16 bits per heavy atom. The Bertz CT molecular complexity index is 599. The number of hydrogen-bond donors (Lipinski definition) is 1. The van der Waals surface area contributed by atoms with Gasteiger partial charge >= 0.3 is 0 Å². The second-order valence-corrected chi connectivity index (χ2v) is 6.94. The third-order valence-corrected chi connectivity index (χ3v) is 5.15. The quantitative estimate of drug-likeness (QED) is 0.632. The molecule has 7 heteroatoms. The van der Waals surface area contributed by atoms with Crippen LogP contribution in [0.25, 0.3) is 0 Å². The van der Waals surface area contributed by atoms with Crippen molar-refractivity contribution in [3.63, 3.8) is 0 Å². The lowest BCUT2D eigenvalue weighted by Crippen LogP contribution is -2.47. The molecule has 2 fully saturated rings. The van der Waals surface area contributed by atoms with Crippen LogP contribution in [-0.2, 0) is 4.79 Å². The molecule has 0 aromatic heterocycles. The maximum atomic E-state index is 12.1. The first-order valence-electron chi connectivity index (χ1n) is 9.12. The van der Waals surface area contributed by atoms with Crippen LogP contribution in [0, 0.1) is 10.1 Å². The molecule has 0 spiro atoms. The zero-order chi connectivity index (χ0) is 17.6. The summed E-state index contributed by atoms with van der Waals surface area (Å²) in [7, 11) is 0. The Balaban J connectivity index is 1.42. The van der Waals surface area contributed by atoms with Gasteiger partial charge in [0.1, 0.15) is 0 Å². The van der Waals surface area contributed by atoms with Gasteiger partial charge in [0.15, 0.2) is 0 Å². The molecule has 1 amide bonds. The van der Waals surface area contributed by atoms with Crippen molar-refractivity contribution >= 4 is 17.3 Å². The van der Waals surface area contributed by atoms with E-state index in [9.17, 15) is 14.9 Å². The number of carbonyl (C=O) groups excluding carboxylic acids is 1. The van der Waals surface area contributed by atoms with E-state index in [1.807, 2.05) is 0 Å². The van der Waals surface area contributed by atoms with Crippen molar-refractivity contribution in [3.05, 3.63) is 34.4 Å². The molecule has 1 atom stereocenters. The van der Waals surface area contributed by atoms with Crippen molar-refractivity contribution in [2.24, 2.45) is 0 Å². The van der Waals surface area contributed by atoms with Crippen molar-refractivity contribution in [1.29, 1.82) is 0 Å². The second-order valence-electron chi connectivity index (χ2n) is 6.94. The van der Waals surface area contributed by atoms with Gasteiger partial charge in [0.2, 0.25) is 5.91 Å². The number of carbonyl (C=O) groups is 1. The van der Waals surface area contributed by atoms with Crippen LogP contribution < -0.4 is 5.32 Å². The smallest absolute Gasteiger partial charge is 0.269 e. The standard InChI is InChI=1S/C18H26N4O3/c23-18(19-15-5-7-16(8-6-15)22(24)25)9-13-20-10-3-4-17(14-20)21-11-1-2-12-21/h5-8,17H,1-4,9-14H2,(H,19,23)/t17-/m0/s1. The van der Waals surface area contributed by atoms with Gasteiger partial charge in [0, 0.05) is 43.4 Å². The van der Waals surface area contributed by atoms with Gasteiger partial charge in [-0.15, -0.1) is 0 Å². The van der Waals surface area contributed by atoms with Crippen molar-refractivity contribution in [3.8, 4) is 0 Å². The molecular formula is C18H26N4O3. The van der Waals surface area contributed by atoms with E-state index in [1.54, 1.807) is 12.1 Å². The van der Waals surface area contributed by atoms with Gasteiger partial charge in [0.25, 0.3) is 5.69 Å². The summed E-state index contributed by atoms with van der Waals surface area (Å²) in [6.45, 7) is 5.33. The number of nitro groups is 1. The average molecular weight is 346 g/mol. The van der Waals surface area contributed by atoms with Crippen molar-refractivity contribution in [2.45, 2.75) is 38.1 Å². The normalized spacial score (nSPS) is 22.0. The van der Waals surface area contributed by atoms with Gasteiger partial charge < -0.3 is 10.2 Å². The molecule has 25 heavy (non-hydrogen) atoms. The predicted octanol–water partition coefficient (Wildman–Crippen LogP) is 2.48. The number of benzene rings is 1. The Hall–Kier alpha value is -1.99. The van der Waals surface area contributed by atoms with Gasteiger partial charge in [0.05, 0.1) is 4.92 Å². The highest BCUT2D eigenvalue weighted by Crippen LogP contribution is 2.21.